The largest absolute Gasteiger partial charge is 0.489 e. The molecule has 0 heterocycles. The van der Waals surface area contributed by atoms with Crippen LogP contribution in [0.2, 0.25) is 0 Å². The minimum Gasteiger partial charge on any atom is -0.489 e. The summed E-state index contributed by atoms with van der Waals surface area (Å²) < 4.78 is 5.80. The summed E-state index contributed by atoms with van der Waals surface area (Å²) in [6.45, 7) is 6.28. The van der Waals surface area contributed by atoms with Gasteiger partial charge in [0.25, 0.3) is 0 Å². The Morgan fingerprint density at radius 2 is 2.06 bits per heavy atom. The number of rotatable bonds is 6. The monoisotopic (exact) mass is 292 g/mol. The maximum Gasteiger partial charge on any atom is 0.123 e. The van der Waals surface area contributed by atoms with Crippen LogP contribution in [-0.4, -0.2) is 5.33 Å². The smallest absolute Gasteiger partial charge is 0.123 e. The lowest BCUT2D eigenvalue weighted by atomic mass is 10.2. The second-order valence-corrected chi connectivity index (χ2v) is 4.05. The topological polar surface area (TPSA) is 9.23 Å². The first-order chi connectivity index (χ1) is 8.31. The minimum atomic E-state index is 0.574. The molecule has 0 fully saturated rings. The van der Waals surface area contributed by atoms with Crippen molar-refractivity contribution >= 4 is 15.9 Å². The SMILES string of the molecule is C=C/C=C(OCc1ccccc1)\C(=C/C)CBr. The van der Waals surface area contributed by atoms with E-state index in [-0.39, 0.29) is 0 Å². The lowest BCUT2D eigenvalue weighted by Gasteiger charge is -2.11. The van der Waals surface area contributed by atoms with Crippen molar-refractivity contribution in [2.45, 2.75) is 13.5 Å². The van der Waals surface area contributed by atoms with Gasteiger partial charge in [-0.15, -0.1) is 0 Å². The van der Waals surface area contributed by atoms with Crippen molar-refractivity contribution in [1.82, 2.24) is 0 Å². The van der Waals surface area contributed by atoms with E-state index in [4.69, 9.17) is 4.74 Å². The van der Waals surface area contributed by atoms with Crippen LogP contribution in [0.25, 0.3) is 0 Å². The van der Waals surface area contributed by atoms with Gasteiger partial charge in [-0.3, -0.25) is 0 Å². The van der Waals surface area contributed by atoms with E-state index in [0.717, 1.165) is 22.2 Å². The summed E-state index contributed by atoms with van der Waals surface area (Å²) in [6.07, 6.45) is 5.67. The molecule has 0 aliphatic heterocycles. The molecule has 0 radical (unpaired) electrons. The highest BCUT2D eigenvalue weighted by Crippen LogP contribution is 2.16. The van der Waals surface area contributed by atoms with Gasteiger partial charge in [-0.1, -0.05) is 65.0 Å². The van der Waals surface area contributed by atoms with E-state index in [1.807, 2.05) is 37.3 Å². The molecule has 1 aromatic carbocycles. The molecule has 90 valence electrons. The normalized spacial score (nSPS) is 12.4. The Morgan fingerprint density at radius 3 is 2.59 bits per heavy atom. The van der Waals surface area contributed by atoms with Crippen LogP contribution < -0.4 is 0 Å². The summed E-state index contributed by atoms with van der Waals surface area (Å²) in [5.41, 5.74) is 2.29. The molecule has 0 aromatic heterocycles. The molecule has 1 nitrogen and oxygen atoms in total. The molecular formula is C15H17BrO. The Kier molecular flexibility index (Phi) is 6.41. The fraction of sp³-hybridized carbons (Fsp3) is 0.200. The average molecular weight is 293 g/mol. The predicted molar refractivity (Wildman–Crippen MR) is 77.1 cm³/mol. The van der Waals surface area contributed by atoms with Crippen LogP contribution in [0, 0.1) is 0 Å². The lowest BCUT2D eigenvalue weighted by Crippen LogP contribution is -1.98. The van der Waals surface area contributed by atoms with Gasteiger partial charge in [-0.25, -0.2) is 0 Å². The van der Waals surface area contributed by atoms with Crippen molar-refractivity contribution in [1.29, 1.82) is 0 Å². The first kappa shape index (κ1) is 13.8. The van der Waals surface area contributed by atoms with Crippen LogP contribution in [0.5, 0.6) is 0 Å². The molecule has 2 heteroatoms. The molecular weight excluding hydrogens is 276 g/mol. The minimum absolute atomic E-state index is 0.574. The molecule has 0 N–H and O–H groups in total. The van der Waals surface area contributed by atoms with Crippen LogP contribution in [0.4, 0.5) is 0 Å². The summed E-state index contributed by atoms with van der Waals surface area (Å²) >= 11 is 3.45. The number of alkyl halides is 1. The van der Waals surface area contributed by atoms with Crippen molar-refractivity contribution in [2.75, 3.05) is 5.33 Å². The Balaban J connectivity index is 2.69. The first-order valence-electron chi connectivity index (χ1n) is 5.52. The van der Waals surface area contributed by atoms with Crippen molar-refractivity contribution in [3.63, 3.8) is 0 Å². The molecule has 0 aliphatic rings. The number of benzene rings is 1. The highest BCUT2D eigenvalue weighted by Gasteiger charge is 2.03. The second kappa shape index (κ2) is 7.91. The van der Waals surface area contributed by atoms with Gasteiger partial charge in [-0.05, 0) is 18.6 Å². The van der Waals surface area contributed by atoms with Gasteiger partial charge in [0.05, 0.1) is 0 Å². The molecule has 0 saturated carbocycles. The molecule has 1 aromatic rings. The van der Waals surface area contributed by atoms with E-state index in [1.54, 1.807) is 6.08 Å². The highest BCUT2D eigenvalue weighted by atomic mass is 79.9. The van der Waals surface area contributed by atoms with Crippen LogP contribution in [0.15, 0.2) is 66.5 Å². The Labute approximate surface area is 112 Å². The van der Waals surface area contributed by atoms with E-state index in [2.05, 4.69) is 34.6 Å². The van der Waals surface area contributed by atoms with Gasteiger partial charge in [0.2, 0.25) is 0 Å². The summed E-state index contributed by atoms with van der Waals surface area (Å²) in [7, 11) is 0. The second-order valence-electron chi connectivity index (χ2n) is 3.49. The van der Waals surface area contributed by atoms with Crippen molar-refractivity contribution in [2.24, 2.45) is 0 Å². The van der Waals surface area contributed by atoms with Crippen molar-refractivity contribution < 1.29 is 4.74 Å². The third-order valence-corrected chi connectivity index (χ3v) is 2.92. The number of allylic oxidation sites excluding steroid dienone is 4. The Hall–Kier alpha value is -1.28. The highest BCUT2D eigenvalue weighted by molar-refractivity contribution is 9.09. The fourth-order valence-electron chi connectivity index (χ4n) is 1.38. The average Bonchev–Trinajstić information content (AvgIpc) is 2.38. The zero-order valence-electron chi connectivity index (χ0n) is 10.0. The van der Waals surface area contributed by atoms with Crippen LogP contribution >= 0.6 is 15.9 Å². The van der Waals surface area contributed by atoms with Gasteiger partial charge in [-0.2, -0.15) is 0 Å². The summed E-state index contributed by atoms with van der Waals surface area (Å²) in [5.74, 6) is 0.864. The van der Waals surface area contributed by atoms with Gasteiger partial charge >= 0.3 is 0 Å². The Morgan fingerprint density at radius 1 is 1.35 bits per heavy atom. The van der Waals surface area contributed by atoms with E-state index < -0.39 is 0 Å². The zero-order chi connectivity index (χ0) is 12.5. The quantitative estimate of drug-likeness (QED) is 0.422. The molecule has 17 heavy (non-hydrogen) atoms. The standard InChI is InChI=1S/C15H17BrO/c1-3-8-15(14(4-2)11-16)17-12-13-9-6-5-7-10-13/h3-10H,1,11-12H2,2H3/b14-4-,15-8+. The molecule has 1 rings (SSSR count). The van der Waals surface area contributed by atoms with Gasteiger partial charge in [0.1, 0.15) is 12.4 Å². The lowest BCUT2D eigenvalue weighted by molar-refractivity contribution is 0.207. The van der Waals surface area contributed by atoms with Gasteiger partial charge in [0, 0.05) is 10.9 Å². The number of halogens is 1. The van der Waals surface area contributed by atoms with E-state index >= 15 is 0 Å². The summed E-state index contributed by atoms with van der Waals surface area (Å²) in [6, 6.07) is 10.1. The molecule has 0 spiro atoms. The Bertz CT molecular complexity index is 404. The van der Waals surface area contributed by atoms with Crippen LogP contribution in [0.3, 0.4) is 0 Å². The van der Waals surface area contributed by atoms with Crippen molar-refractivity contribution in [3.8, 4) is 0 Å². The molecule has 0 unspecified atom stereocenters. The van der Waals surface area contributed by atoms with Gasteiger partial charge in [0.15, 0.2) is 0 Å². The van der Waals surface area contributed by atoms with E-state index in [9.17, 15) is 0 Å². The van der Waals surface area contributed by atoms with E-state index in [1.165, 1.54) is 0 Å². The van der Waals surface area contributed by atoms with Gasteiger partial charge < -0.3 is 4.74 Å². The van der Waals surface area contributed by atoms with Crippen LogP contribution in [-0.2, 0) is 11.3 Å². The maximum atomic E-state index is 5.80. The third kappa shape index (κ3) is 4.61. The first-order valence-corrected chi connectivity index (χ1v) is 6.65. The molecule has 0 amide bonds. The third-order valence-electron chi connectivity index (χ3n) is 2.32. The van der Waals surface area contributed by atoms with E-state index in [0.29, 0.717) is 6.61 Å². The summed E-state index contributed by atoms with van der Waals surface area (Å²) in [5, 5.41) is 0.776. The zero-order valence-corrected chi connectivity index (χ0v) is 11.6. The molecule has 0 saturated heterocycles. The molecule has 0 aliphatic carbocycles. The summed E-state index contributed by atoms with van der Waals surface area (Å²) in [4.78, 5) is 0. The van der Waals surface area contributed by atoms with Crippen molar-refractivity contribution in [3.05, 3.63) is 72.0 Å². The molecule has 0 atom stereocenters. The maximum absolute atomic E-state index is 5.80. The number of hydrogen-bond donors (Lipinski definition) is 0. The number of hydrogen-bond acceptors (Lipinski definition) is 1. The van der Waals surface area contributed by atoms with Crippen LogP contribution in [0.1, 0.15) is 12.5 Å². The predicted octanol–water partition coefficient (Wildman–Crippen LogP) is 4.61. The number of ether oxygens (including phenoxy) is 1. The molecule has 0 bridgehead atoms. The fourth-order valence-corrected chi connectivity index (χ4v) is 1.98.